The zero-order valence-electron chi connectivity index (χ0n) is 15.4. The van der Waals surface area contributed by atoms with Gasteiger partial charge in [-0.1, -0.05) is 5.16 Å². The van der Waals surface area contributed by atoms with Gasteiger partial charge in [0, 0.05) is 22.4 Å². The number of benzene rings is 2. The first-order valence-electron chi connectivity index (χ1n) is 8.54. The molecular formula is C21H18FNO4S. The van der Waals surface area contributed by atoms with E-state index in [1.165, 1.54) is 36.0 Å². The van der Waals surface area contributed by atoms with Gasteiger partial charge in [0.05, 0.1) is 11.4 Å². The summed E-state index contributed by atoms with van der Waals surface area (Å²) in [5.74, 6) is 0.897. The summed E-state index contributed by atoms with van der Waals surface area (Å²) in [6.45, 7) is 3.70. The molecule has 5 nitrogen and oxygen atoms in total. The van der Waals surface area contributed by atoms with Gasteiger partial charge in [-0.3, -0.25) is 9.59 Å². The quantitative estimate of drug-likeness (QED) is 0.331. The topological polar surface area (TPSA) is 69.4 Å². The Balaban J connectivity index is 1.53. The zero-order valence-corrected chi connectivity index (χ0v) is 16.2. The highest BCUT2D eigenvalue weighted by molar-refractivity contribution is 7.99. The third kappa shape index (κ3) is 4.86. The second kappa shape index (κ2) is 8.84. The molecule has 2 aromatic carbocycles. The first kappa shape index (κ1) is 19.8. The third-order valence-electron chi connectivity index (χ3n) is 4.10. The summed E-state index contributed by atoms with van der Waals surface area (Å²) in [4.78, 5) is 24.4. The van der Waals surface area contributed by atoms with E-state index < -0.39 is 5.82 Å². The highest BCUT2D eigenvalue weighted by atomic mass is 32.2. The highest BCUT2D eigenvalue weighted by Gasteiger charge is 2.12. The molecule has 1 aromatic heterocycles. The van der Waals surface area contributed by atoms with Gasteiger partial charge in [-0.2, -0.15) is 0 Å². The Morgan fingerprint density at radius 2 is 1.64 bits per heavy atom. The standard InChI is InChI=1S/C21H18FNO4S/c1-13-19(14(2)27-23-13)11-28-12-20(24)26-18-9-5-16(6-10-18)21(25)15-3-7-17(22)8-4-15/h3-10H,11-12H2,1-2H3. The van der Waals surface area contributed by atoms with E-state index in [1.807, 2.05) is 13.8 Å². The summed E-state index contributed by atoms with van der Waals surface area (Å²) in [7, 11) is 0. The summed E-state index contributed by atoms with van der Waals surface area (Å²) in [6, 6.07) is 11.6. The normalized spacial score (nSPS) is 10.7. The Hall–Kier alpha value is -2.93. The van der Waals surface area contributed by atoms with E-state index in [-0.39, 0.29) is 17.5 Å². The lowest BCUT2D eigenvalue weighted by Gasteiger charge is -2.06. The predicted molar refractivity (Wildman–Crippen MR) is 104 cm³/mol. The molecule has 0 saturated carbocycles. The van der Waals surface area contributed by atoms with Crippen LogP contribution in [0.2, 0.25) is 0 Å². The minimum absolute atomic E-state index is 0.181. The molecule has 0 aliphatic carbocycles. The molecule has 0 saturated heterocycles. The fourth-order valence-electron chi connectivity index (χ4n) is 2.55. The Kier molecular flexibility index (Phi) is 6.26. The molecule has 0 N–H and O–H groups in total. The molecule has 0 amide bonds. The van der Waals surface area contributed by atoms with Gasteiger partial charge in [-0.15, -0.1) is 11.8 Å². The van der Waals surface area contributed by atoms with Crippen LogP contribution < -0.4 is 4.74 Å². The maximum atomic E-state index is 13.0. The number of ether oxygens (including phenoxy) is 1. The van der Waals surface area contributed by atoms with Crippen LogP contribution in [-0.4, -0.2) is 22.7 Å². The number of aromatic nitrogens is 1. The largest absolute Gasteiger partial charge is 0.426 e. The number of aryl methyl sites for hydroxylation is 2. The lowest BCUT2D eigenvalue weighted by Crippen LogP contribution is -2.11. The molecule has 0 spiro atoms. The van der Waals surface area contributed by atoms with Crippen molar-refractivity contribution in [3.63, 3.8) is 0 Å². The third-order valence-corrected chi connectivity index (χ3v) is 5.03. The number of ketones is 1. The van der Waals surface area contributed by atoms with Crippen molar-refractivity contribution in [1.29, 1.82) is 0 Å². The molecule has 0 bridgehead atoms. The molecule has 0 unspecified atom stereocenters. The number of esters is 1. The summed E-state index contributed by atoms with van der Waals surface area (Å²) in [5.41, 5.74) is 2.63. The first-order valence-corrected chi connectivity index (χ1v) is 9.70. The van der Waals surface area contributed by atoms with Crippen molar-refractivity contribution < 1.29 is 23.2 Å². The van der Waals surface area contributed by atoms with Crippen molar-refractivity contribution in [2.45, 2.75) is 19.6 Å². The van der Waals surface area contributed by atoms with Crippen LogP contribution in [-0.2, 0) is 10.5 Å². The average molecular weight is 399 g/mol. The number of nitrogens with zero attached hydrogens (tertiary/aromatic N) is 1. The van der Waals surface area contributed by atoms with Crippen molar-refractivity contribution in [3.8, 4) is 5.75 Å². The van der Waals surface area contributed by atoms with Crippen LogP contribution >= 0.6 is 11.8 Å². The fraction of sp³-hybridized carbons (Fsp3) is 0.190. The summed E-state index contributed by atoms with van der Waals surface area (Å²) < 4.78 is 23.3. The fourth-order valence-corrected chi connectivity index (χ4v) is 3.49. The molecule has 1 heterocycles. The molecule has 0 atom stereocenters. The van der Waals surface area contributed by atoms with Gasteiger partial charge in [0.25, 0.3) is 0 Å². The molecule has 144 valence electrons. The van der Waals surface area contributed by atoms with Gasteiger partial charge < -0.3 is 9.26 Å². The van der Waals surface area contributed by atoms with Gasteiger partial charge in [0.2, 0.25) is 0 Å². The lowest BCUT2D eigenvalue weighted by atomic mass is 10.0. The van der Waals surface area contributed by atoms with E-state index in [0.717, 1.165) is 17.0 Å². The Morgan fingerprint density at radius 3 is 2.21 bits per heavy atom. The summed E-state index contributed by atoms with van der Waals surface area (Å²) >= 11 is 1.41. The average Bonchev–Trinajstić information content (AvgIpc) is 3.01. The van der Waals surface area contributed by atoms with E-state index in [9.17, 15) is 14.0 Å². The maximum Gasteiger partial charge on any atom is 0.321 e. The van der Waals surface area contributed by atoms with Crippen LogP contribution in [0.15, 0.2) is 53.1 Å². The van der Waals surface area contributed by atoms with Crippen LogP contribution in [0, 0.1) is 19.7 Å². The molecule has 28 heavy (non-hydrogen) atoms. The minimum Gasteiger partial charge on any atom is -0.426 e. The van der Waals surface area contributed by atoms with Gasteiger partial charge in [-0.25, -0.2) is 4.39 Å². The van der Waals surface area contributed by atoms with Gasteiger partial charge >= 0.3 is 5.97 Å². The Bertz CT molecular complexity index is 961. The van der Waals surface area contributed by atoms with E-state index >= 15 is 0 Å². The maximum absolute atomic E-state index is 13.0. The van der Waals surface area contributed by atoms with Gasteiger partial charge in [0.15, 0.2) is 5.78 Å². The molecule has 0 aliphatic rings. The molecule has 3 aromatic rings. The molecule has 0 fully saturated rings. The van der Waals surface area contributed by atoms with Crippen molar-refractivity contribution in [2.24, 2.45) is 0 Å². The van der Waals surface area contributed by atoms with Crippen molar-refractivity contribution in [3.05, 3.63) is 82.5 Å². The molecule has 7 heteroatoms. The van der Waals surface area contributed by atoms with Crippen LogP contribution in [0.3, 0.4) is 0 Å². The minimum atomic E-state index is -0.397. The van der Waals surface area contributed by atoms with Crippen molar-refractivity contribution >= 4 is 23.5 Å². The van der Waals surface area contributed by atoms with Crippen LogP contribution in [0.25, 0.3) is 0 Å². The van der Waals surface area contributed by atoms with Crippen LogP contribution in [0.5, 0.6) is 5.75 Å². The molecule has 0 aliphatic heterocycles. The van der Waals surface area contributed by atoms with Gasteiger partial charge in [0.1, 0.15) is 17.3 Å². The predicted octanol–water partition coefficient (Wildman–Crippen LogP) is 4.50. The number of thioether (sulfide) groups is 1. The number of carbonyl (C=O) groups excluding carboxylic acids is 2. The number of halogens is 1. The number of hydrogen-bond donors (Lipinski definition) is 0. The zero-order chi connectivity index (χ0) is 20.1. The summed E-state index contributed by atoms with van der Waals surface area (Å²) in [6.07, 6.45) is 0. The van der Waals surface area contributed by atoms with Crippen LogP contribution in [0.4, 0.5) is 4.39 Å². The number of carbonyl (C=O) groups is 2. The van der Waals surface area contributed by atoms with Gasteiger partial charge in [-0.05, 0) is 62.4 Å². The number of rotatable bonds is 7. The van der Waals surface area contributed by atoms with E-state index in [4.69, 9.17) is 9.26 Å². The van der Waals surface area contributed by atoms with Crippen molar-refractivity contribution in [1.82, 2.24) is 5.16 Å². The van der Waals surface area contributed by atoms with Crippen LogP contribution in [0.1, 0.15) is 32.9 Å². The lowest BCUT2D eigenvalue weighted by molar-refractivity contribution is -0.131. The Labute approximate surface area is 165 Å². The second-order valence-corrected chi connectivity index (χ2v) is 7.12. The van der Waals surface area contributed by atoms with E-state index in [1.54, 1.807) is 24.3 Å². The monoisotopic (exact) mass is 399 g/mol. The molecular weight excluding hydrogens is 381 g/mol. The van der Waals surface area contributed by atoms with E-state index in [2.05, 4.69) is 5.16 Å². The highest BCUT2D eigenvalue weighted by Crippen LogP contribution is 2.20. The Morgan fingerprint density at radius 1 is 1.04 bits per heavy atom. The molecule has 3 rings (SSSR count). The number of hydrogen-bond acceptors (Lipinski definition) is 6. The summed E-state index contributed by atoms with van der Waals surface area (Å²) in [5, 5.41) is 3.88. The first-order chi connectivity index (χ1) is 13.4. The second-order valence-electron chi connectivity index (χ2n) is 6.13. The SMILES string of the molecule is Cc1noc(C)c1CSCC(=O)Oc1ccc(C(=O)c2ccc(F)cc2)cc1. The molecule has 0 radical (unpaired) electrons. The smallest absolute Gasteiger partial charge is 0.321 e. The van der Waals surface area contributed by atoms with E-state index in [0.29, 0.717) is 22.6 Å². The van der Waals surface area contributed by atoms with Crippen molar-refractivity contribution in [2.75, 3.05) is 5.75 Å².